The molecule has 1 fully saturated rings. The van der Waals surface area contributed by atoms with E-state index in [9.17, 15) is 4.79 Å². The lowest BCUT2D eigenvalue weighted by atomic mass is 10.0. The third-order valence-electron chi connectivity index (χ3n) is 4.52. The van der Waals surface area contributed by atoms with Crippen molar-refractivity contribution in [1.29, 1.82) is 0 Å². The van der Waals surface area contributed by atoms with Gasteiger partial charge in [-0.05, 0) is 38.0 Å². The molecule has 4 heteroatoms. The number of benzene rings is 1. The molecule has 0 aliphatic carbocycles. The van der Waals surface area contributed by atoms with E-state index < -0.39 is 0 Å². The normalized spacial score (nSPS) is 18.1. The van der Waals surface area contributed by atoms with Gasteiger partial charge in [-0.1, -0.05) is 12.1 Å². The second-order valence-electron chi connectivity index (χ2n) is 5.74. The lowest BCUT2D eigenvalue weighted by molar-refractivity contribution is -0.933. The van der Waals surface area contributed by atoms with Crippen LogP contribution in [0.4, 0.5) is 0 Å². The topological polar surface area (TPSA) is 24.8 Å². The summed E-state index contributed by atoms with van der Waals surface area (Å²) in [5, 5.41) is 0. The second-order valence-corrected chi connectivity index (χ2v) is 6.01. The molecule has 1 atom stereocenters. The van der Waals surface area contributed by atoms with Crippen LogP contribution in [0.1, 0.15) is 29.7 Å². The second kappa shape index (κ2) is 6.59. The average Bonchev–Trinajstić information content (AvgIpc) is 2.48. The zero-order valence-corrected chi connectivity index (χ0v) is 13.3. The maximum Gasteiger partial charge on any atom is 0.237 e. The summed E-state index contributed by atoms with van der Waals surface area (Å²) in [6, 6.07) is 7.20. The Balaban J connectivity index is 1.99. The highest BCUT2D eigenvalue weighted by atomic mass is 35.5. The Hall–Kier alpha value is -1.06. The number of piperazine rings is 1. The van der Waals surface area contributed by atoms with Gasteiger partial charge < -0.3 is 9.80 Å². The molecule has 110 valence electrons. The van der Waals surface area contributed by atoms with E-state index in [0.29, 0.717) is 6.04 Å². The summed E-state index contributed by atoms with van der Waals surface area (Å²) < 4.78 is 0. The zero-order valence-electron chi connectivity index (χ0n) is 12.6. The molecule has 1 amide bonds. The third kappa shape index (κ3) is 3.33. The summed E-state index contributed by atoms with van der Waals surface area (Å²) in [6.07, 6.45) is 0. The summed E-state index contributed by atoms with van der Waals surface area (Å²) in [6.45, 7) is 10.2. The fourth-order valence-corrected chi connectivity index (χ4v) is 3.00. The minimum atomic E-state index is 0.0598. The number of nitrogens with one attached hydrogen (secondary N) is 1. The molecule has 3 nitrogen and oxygen atoms in total. The van der Waals surface area contributed by atoms with Gasteiger partial charge in [-0.2, -0.15) is 0 Å². The number of nitrogens with zero attached hydrogens (tertiary/aromatic N) is 1. The van der Waals surface area contributed by atoms with Gasteiger partial charge in [0.05, 0.1) is 26.2 Å². The van der Waals surface area contributed by atoms with Crippen LogP contribution in [0.25, 0.3) is 0 Å². The van der Waals surface area contributed by atoms with Crippen molar-refractivity contribution < 1.29 is 9.69 Å². The molecule has 1 N–H and O–H groups in total. The predicted molar refractivity (Wildman–Crippen MR) is 82.3 cm³/mol. The molecule has 1 heterocycles. The number of quaternary nitrogens is 1. The van der Waals surface area contributed by atoms with Crippen molar-refractivity contribution >= 4 is 17.5 Å². The van der Waals surface area contributed by atoms with Crippen LogP contribution in [0, 0.1) is 13.8 Å². The average molecular weight is 296 g/mol. The lowest BCUT2D eigenvalue weighted by Gasteiger charge is -2.35. The number of rotatable bonds is 3. The SMILES string of the molecule is Cc1ccc([C@@H](C)[NH+]2CCN(C(=O)CCl)CC2)cc1C. The Morgan fingerprint density at radius 1 is 1.30 bits per heavy atom. The van der Waals surface area contributed by atoms with Gasteiger partial charge in [-0.3, -0.25) is 4.79 Å². The summed E-state index contributed by atoms with van der Waals surface area (Å²) in [5.74, 6) is 0.159. The molecular formula is C16H24ClN2O+. The molecule has 0 aromatic heterocycles. The van der Waals surface area contributed by atoms with E-state index in [1.165, 1.54) is 16.7 Å². The fraction of sp³-hybridized carbons (Fsp3) is 0.562. The van der Waals surface area contributed by atoms with Crippen molar-refractivity contribution in [3.8, 4) is 0 Å². The van der Waals surface area contributed by atoms with Crippen LogP contribution in [-0.4, -0.2) is 42.9 Å². The van der Waals surface area contributed by atoms with E-state index in [4.69, 9.17) is 11.6 Å². The number of carbonyl (C=O) groups excluding carboxylic acids is 1. The molecule has 1 aromatic carbocycles. The van der Waals surface area contributed by atoms with Gasteiger partial charge in [0.15, 0.2) is 0 Å². The Morgan fingerprint density at radius 2 is 1.95 bits per heavy atom. The maximum absolute atomic E-state index is 11.6. The van der Waals surface area contributed by atoms with E-state index in [0.717, 1.165) is 26.2 Å². The molecule has 1 aliphatic heterocycles. The van der Waals surface area contributed by atoms with Crippen molar-refractivity contribution in [2.24, 2.45) is 0 Å². The minimum Gasteiger partial charge on any atom is -0.330 e. The number of aryl methyl sites for hydroxylation is 2. The van der Waals surface area contributed by atoms with Crippen LogP contribution in [0.5, 0.6) is 0 Å². The third-order valence-corrected chi connectivity index (χ3v) is 4.74. The highest BCUT2D eigenvalue weighted by molar-refractivity contribution is 6.27. The molecule has 0 bridgehead atoms. The number of amides is 1. The minimum absolute atomic E-state index is 0.0598. The van der Waals surface area contributed by atoms with E-state index in [-0.39, 0.29) is 11.8 Å². The van der Waals surface area contributed by atoms with Crippen molar-refractivity contribution in [2.75, 3.05) is 32.1 Å². The maximum atomic E-state index is 11.6. The summed E-state index contributed by atoms with van der Waals surface area (Å²) in [7, 11) is 0. The van der Waals surface area contributed by atoms with Crippen molar-refractivity contribution in [3.63, 3.8) is 0 Å². The number of hydrogen-bond acceptors (Lipinski definition) is 1. The summed E-state index contributed by atoms with van der Waals surface area (Å²) in [5.41, 5.74) is 4.08. The largest absolute Gasteiger partial charge is 0.330 e. The first kappa shape index (κ1) is 15.3. The van der Waals surface area contributed by atoms with Gasteiger partial charge in [0.1, 0.15) is 11.9 Å². The molecule has 0 spiro atoms. The van der Waals surface area contributed by atoms with Gasteiger partial charge in [0.2, 0.25) is 5.91 Å². The Bertz CT molecular complexity index is 481. The summed E-state index contributed by atoms with van der Waals surface area (Å²) >= 11 is 5.61. The van der Waals surface area contributed by atoms with Gasteiger partial charge in [-0.25, -0.2) is 0 Å². The quantitative estimate of drug-likeness (QED) is 0.836. The Morgan fingerprint density at radius 3 is 2.50 bits per heavy atom. The fourth-order valence-electron chi connectivity index (χ4n) is 2.83. The smallest absolute Gasteiger partial charge is 0.237 e. The van der Waals surface area contributed by atoms with Crippen LogP contribution in [0.2, 0.25) is 0 Å². The first-order valence-corrected chi connectivity index (χ1v) is 7.82. The lowest BCUT2D eigenvalue weighted by Crippen LogP contribution is -3.14. The molecular weight excluding hydrogens is 272 g/mol. The molecule has 1 saturated heterocycles. The summed E-state index contributed by atoms with van der Waals surface area (Å²) in [4.78, 5) is 15.0. The molecule has 0 unspecified atom stereocenters. The first-order chi connectivity index (χ1) is 9.52. The molecule has 0 radical (unpaired) electrons. The van der Waals surface area contributed by atoms with E-state index in [1.807, 2.05) is 4.90 Å². The van der Waals surface area contributed by atoms with Gasteiger partial charge in [-0.15, -0.1) is 11.6 Å². The number of alkyl halides is 1. The number of hydrogen-bond donors (Lipinski definition) is 1. The monoisotopic (exact) mass is 295 g/mol. The highest BCUT2D eigenvalue weighted by Gasteiger charge is 2.27. The van der Waals surface area contributed by atoms with Crippen LogP contribution in [0.3, 0.4) is 0 Å². The van der Waals surface area contributed by atoms with Crippen molar-refractivity contribution in [1.82, 2.24) is 4.90 Å². The Labute approximate surface area is 126 Å². The van der Waals surface area contributed by atoms with Crippen LogP contribution in [-0.2, 0) is 4.79 Å². The van der Waals surface area contributed by atoms with Crippen LogP contribution >= 0.6 is 11.6 Å². The molecule has 0 saturated carbocycles. The molecule has 2 rings (SSSR count). The van der Waals surface area contributed by atoms with Crippen molar-refractivity contribution in [2.45, 2.75) is 26.8 Å². The van der Waals surface area contributed by atoms with E-state index in [1.54, 1.807) is 4.90 Å². The number of halogens is 1. The first-order valence-electron chi connectivity index (χ1n) is 7.28. The van der Waals surface area contributed by atoms with Gasteiger partial charge in [0.25, 0.3) is 0 Å². The highest BCUT2D eigenvalue weighted by Crippen LogP contribution is 2.15. The van der Waals surface area contributed by atoms with E-state index in [2.05, 4.69) is 39.0 Å². The predicted octanol–water partition coefficient (Wildman–Crippen LogP) is 1.33. The number of carbonyl (C=O) groups is 1. The van der Waals surface area contributed by atoms with Crippen LogP contribution < -0.4 is 4.90 Å². The van der Waals surface area contributed by atoms with E-state index >= 15 is 0 Å². The molecule has 1 aromatic rings. The van der Waals surface area contributed by atoms with Crippen molar-refractivity contribution in [3.05, 3.63) is 34.9 Å². The zero-order chi connectivity index (χ0) is 14.7. The standard InChI is InChI=1S/C16H23ClN2O/c1-12-4-5-15(10-13(12)2)14(3)18-6-8-19(9-7-18)16(20)11-17/h4-5,10,14H,6-9,11H2,1-3H3/p+1/t14-/m1/s1. The Kier molecular flexibility index (Phi) is 5.06. The van der Waals surface area contributed by atoms with Gasteiger partial charge in [0, 0.05) is 5.56 Å². The molecule has 20 heavy (non-hydrogen) atoms. The van der Waals surface area contributed by atoms with Gasteiger partial charge >= 0.3 is 0 Å². The molecule has 1 aliphatic rings. The van der Waals surface area contributed by atoms with Crippen LogP contribution in [0.15, 0.2) is 18.2 Å².